The minimum atomic E-state index is -1.90. The molecule has 30 heavy (non-hydrogen) atoms. The Balaban J connectivity index is 2.93. The molecular weight excluding hydrogens is 403 g/mol. The topological polar surface area (TPSA) is 95.5 Å². The molecule has 2 amide bonds. The number of hydrogen-bond donors (Lipinski definition) is 3. The number of hydrogen-bond acceptors (Lipinski definition) is 3. The van der Waals surface area contributed by atoms with E-state index in [2.05, 4.69) is 56.0 Å². The smallest absolute Gasteiger partial charge is 0.327 e. The van der Waals surface area contributed by atoms with Crippen molar-refractivity contribution >= 4 is 25.9 Å². The lowest BCUT2D eigenvalue weighted by Crippen LogP contribution is -2.52. The fourth-order valence-corrected chi connectivity index (χ4v) is 3.26. The molecule has 1 aromatic rings. The normalized spacial score (nSPS) is 13.4. The van der Waals surface area contributed by atoms with E-state index in [1.54, 1.807) is 0 Å². The van der Waals surface area contributed by atoms with Crippen LogP contribution < -0.4 is 10.6 Å². The van der Waals surface area contributed by atoms with Crippen molar-refractivity contribution in [2.45, 2.75) is 70.8 Å². The molecule has 2 atom stereocenters. The second kappa shape index (κ2) is 10.4. The van der Waals surface area contributed by atoms with Crippen LogP contribution in [0.3, 0.4) is 0 Å². The van der Waals surface area contributed by atoms with Gasteiger partial charge in [-0.05, 0) is 22.7 Å². The largest absolute Gasteiger partial charge is 0.480 e. The second-order valence-electron chi connectivity index (χ2n) is 8.86. The van der Waals surface area contributed by atoms with Crippen molar-refractivity contribution in [3.8, 4) is 11.5 Å². The summed E-state index contributed by atoms with van der Waals surface area (Å²) in [4.78, 5) is 35.8. The van der Waals surface area contributed by atoms with Gasteiger partial charge >= 0.3 is 5.97 Å². The van der Waals surface area contributed by atoms with E-state index in [4.69, 9.17) is 0 Å². The molecule has 3 N–H and O–H groups in total. The van der Waals surface area contributed by atoms with E-state index in [1.807, 2.05) is 0 Å². The average Bonchev–Trinajstić information content (AvgIpc) is 2.60. The van der Waals surface area contributed by atoms with E-state index in [1.165, 1.54) is 31.2 Å². The highest BCUT2D eigenvalue weighted by Crippen LogP contribution is 2.35. The van der Waals surface area contributed by atoms with Crippen molar-refractivity contribution in [2.75, 3.05) is 0 Å². The number of nitrogens with one attached hydrogen (secondary N) is 2. The molecule has 0 radical (unpaired) electrons. The molecule has 0 saturated carbocycles. The Morgan fingerprint density at radius 2 is 1.67 bits per heavy atom. The molecule has 0 unspecified atom stereocenters. The highest BCUT2D eigenvalue weighted by Gasteiger charge is 2.34. The maximum Gasteiger partial charge on any atom is 0.327 e. The first-order valence-corrected chi connectivity index (χ1v) is 12.8. The van der Waals surface area contributed by atoms with E-state index < -0.39 is 43.8 Å². The highest BCUT2D eigenvalue weighted by atomic mass is 28.3. The summed E-state index contributed by atoms with van der Waals surface area (Å²) in [7, 11) is -1.90. The van der Waals surface area contributed by atoms with E-state index in [9.17, 15) is 23.9 Å². The third-order valence-electron chi connectivity index (χ3n) is 5.24. The van der Waals surface area contributed by atoms with Gasteiger partial charge in [0.1, 0.15) is 26.0 Å². The van der Waals surface area contributed by atoms with Gasteiger partial charge in [0.05, 0.1) is 0 Å². The summed E-state index contributed by atoms with van der Waals surface area (Å²) in [6.07, 6.45) is 0.0740. The lowest BCUT2D eigenvalue weighted by molar-refractivity contribution is -0.142. The maximum absolute atomic E-state index is 13.1. The van der Waals surface area contributed by atoms with Crippen LogP contribution in [0.1, 0.15) is 39.7 Å². The Morgan fingerprint density at radius 1 is 1.10 bits per heavy atom. The molecule has 1 aromatic carbocycles. The highest BCUT2D eigenvalue weighted by molar-refractivity contribution is 6.87. The van der Waals surface area contributed by atoms with Crippen LogP contribution in [-0.2, 0) is 20.8 Å². The van der Waals surface area contributed by atoms with Gasteiger partial charge in [0, 0.05) is 19.8 Å². The number of carboxylic acids is 1. The fraction of sp³-hybridized carbons (Fsp3) is 0.500. The summed E-state index contributed by atoms with van der Waals surface area (Å²) in [6, 6.07) is 3.36. The molecule has 0 aliphatic heterocycles. The van der Waals surface area contributed by atoms with E-state index >= 15 is 0 Å². The standard InChI is InChI=1S/C22H31FN2O4Si/c1-15(26)24-19(14-16-9-11-17(23)12-10-16)20(27)25-18(21(28)29)8-7-13-30(5,6)22(2,3)4/h9-12,18-19H,8,14H2,1-6H3,(H,24,26)(H,25,27)(H,28,29)/t18-,19-/m1/s1. The van der Waals surface area contributed by atoms with Crippen molar-refractivity contribution in [3.63, 3.8) is 0 Å². The molecule has 6 nitrogen and oxygen atoms in total. The summed E-state index contributed by atoms with van der Waals surface area (Å²) < 4.78 is 13.1. The summed E-state index contributed by atoms with van der Waals surface area (Å²) in [5, 5.41) is 14.5. The third-order valence-corrected chi connectivity index (χ3v) is 9.80. The number of carboxylic acid groups (broad SMARTS) is 1. The summed E-state index contributed by atoms with van der Waals surface area (Å²) in [5.41, 5.74) is 3.87. The fourth-order valence-electron chi connectivity index (χ4n) is 2.34. The van der Waals surface area contributed by atoms with Crippen molar-refractivity contribution < 1.29 is 23.9 Å². The number of aliphatic carboxylic acids is 1. The van der Waals surface area contributed by atoms with Crippen LogP contribution in [-0.4, -0.2) is 43.0 Å². The van der Waals surface area contributed by atoms with Gasteiger partial charge in [-0.25, -0.2) is 9.18 Å². The van der Waals surface area contributed by atoms with E-state index in [0.717, 1.165) is 0 Å². The van der Waals surface area contributed by atoms with Crippen LogP contribution in [0.5, 0.6) is 0 Å². The molecule has 0 aliphatic rings. The Bertz CT molecular complexity index is 835. The predicted molar refractivity (Wildman–Crippen MR) is 117 cm³/mol. The molecule has 0 fully saturated rings. The van der Waals surface area contributed by atoms with Crippen LogP contribution in [0.2, 0.25) is 18.1 Å². The first-order chi connectivity index (χ1) is 13.7. The van der Waals surface area contributed by atoms with Crippen molar-refractivity contribution in [2.24, 2.45) is 0 Å². The van der Waals surface area contributed by atoms with Crippen LogP contribution in [0.4, 0.5) is 4.39 Å². The molecule has 8 heteroatoms. The Labute approximate surface area is 178 Å². The van der Waals surface area contributed by atoms with Crippen LogP contribution in [0.15, 0.2) is 24.3 Å². The van der Waals surface area contributed by atoms with Gasteiger partial charge in [-0.1, -0.05) is 46.0 Å². The van der Waals surface area contributed by atoms with Gasteiger partial charge in [0.25, 0.3) is 0 Å². The molecule has 0 heterocycles. The minimum absolute atomic E-state index is 0.0308. The average molecular weight is 435 g/mol. The second-order valence-corrected chi connectivity index (χ2v) is 13.9. The first-order valence-electron chi connectivity index (χ1n) is 9.77. The number of rotatable bonds is 7. The van der Waals surface area contributed by atoms with Gasteiger partial charge in [-0.3, -0.25) is 9.59 Å². The van der Waals surface area contributed by atoms with Gasteiger partial charge in [-0.15, -0.1) is 11.5 Å². The first kappa shape index (κ1) is 25.4. The monoisotopic (exact) mass is 434 g/mol. The molecule has 0 spiro atoms. The number of benzene rings is 1. The molecule has 0 saturated heterocycles. The van der Waals surface area contributed by atoms with Gasteiger partial charge in [0.2, 0.25) is 11.8 Å². The zero-order valence-electron chi connectivity index (χ0n) is 18.4. The number of carbonyl (C=O) groups is 3. The maximum atomic E-state index is 13.1. The van der Waals surface area contributed by atoms with Crippen molar-refractivity contribution in [3.05, 3.63) is 35.6 Å². The number of halogens is 1. The van der Waals surface area contributed by atoms with Crippen molar-refractivity contribution in [1.29, 1.82) is 0 Å². The third kappa shape index (κ3) is 7.99. The summed E-state index contributed by atoms with van der Waals surface area (Å²) in [5.74, 6) is 0.275. The predicted octanol–water partition coefficient (Wildman–Crippen LogP) is 2.88. The molecule has 0 bridgehead atoms. The molecule has 1 rings (SSSR count). The van der Waals surface area contributed by atoms with Gasteiger partial charge in [0.15, 0.2) is 0 Å². The SMILES string of the molecule is CC(=O)N[C@H](Cc1ccc(F)cc1)C(=O)N[C@H](CC#C[Si](C)(C)C(C)(C)C)C(=O)O. The van der Waals surface area contributed by atoms with E-state index in [-0.39, 0.29) is 17.9 Å². The van der Waals surface area contributed by atoms with E-state index in [0.29, 0.717) is 5.56 Å². The summed E-state index contributed by atoms with van der Waals surface area (Å²) >= 11 is 0. The zero-order chi connectivity index (χ0) is 23.1. The molecular formula is C22H31FN2O4Si. The number of carbonyl (C=O) groups excluding carboxylic acids is 2. The van der Waals surface area contributed by atoms with Crippen molar-refractivity contribution in [1.82, 2.24) is 10.6 Å². The Kier molecular flexibility index (Phi) is 8.79. The molecule has 0 aliphatic carbocycles. The lowest BCUT2D eigenvalue weighted by atomic mass is 10.0. The zero-order valence-corrected chi connectivity index (χ0v) is 19.4. The number of amides is 2. The van der Waals surface area contributed by atoms with Crippen LogP contribution in [0, 0.1) is 17.3 Å². The minimum Gasteiger partial charge on any atom is -0.480 e. The van der Waals surface area contributed by atoms with Crippen LogP contribution >= 0.6 is 0 Å². The molecule has 0 aromatic heterocycles. The lowest BCUT2D eigenvalue weighted by Gasteiger charge is -2.31. The summed E-state index contributed by atoms with van der Waals surface area (Å²) in [6.45, 7) is 11.8. The van der Waals surface area contributed by atoms with Crippen LogP contribution in [0.25, 0.3) is 0 Å². The van der Waals surface area contributed by atoms with Gasteiger partial charge < -0.3 is 15.7 Å². The Morgan fingerprint density at radius 3 is 2.13 bits per heavy atom. The Hall–Kier alpha value is -2.66. The van der Waals surface area contributed by atoms with Gasteiger partial charge in [-0.2, -0.15) is 0 Å². The quantitative estimate of drug-likeness (QED) is 0.454. The molecule has 164 valence electrons.